The van der Waals surface area contributed by atoms with E-state index in [1.54, 1.807) is 7.11 Å². The van der Waals surface area contributed by atoms with Crippen LogP contribution >= 0.6 is 0 Å². The first-order valence-corrected chi connectivity index (χ1v) is 6.43. The molecule has 0 saturated carbocycles. The van der Waals surface area contributed by atoms with E-state index in [0.717, 1.165) is 38.1 Å². The van der Waals surface area contributed by atoms with Gasteiger partial charge in [0.1, 0.15) is 5.75 Å². The highest BCUT2D eigenvalue weighted by atomic mass is 16.5. The highest BCUT2D eigenvalue weighted by Gasteiger charge is 2.01. The highest BCUT2D eigenvalue weighted by Crippen LogP contribution is 2.16. The second kappa shape index (κ2) is 8.39. The maximum atomic E-state index is 5.76. The summed E-state index contributed by atoms with van der Waals surface area (Å²) in [4.78, 5) is 4.24. The fraction of sp³-hybridized carbons (Fsp3) is 0.500. The van der Waals surface area contributed by atoms with Crippen molar-refractivity contribution >= 4 is 5.96 Å². The van der Waals surface area contributed by atoms with E-state index in [9.17, 15) is 0 Å². The molecule has 0 aromatic heterocycles. The van der Waals surface area contributed by atoms with Crippen molar-refractivity contribution in [2.24, 2.45) is 10.7 Å². The molecule has 4 nitrogen and oxygen atoms in total. The molecule has 1 aromatic rings. The number of nitrogens with two attached hydrogens (primary N) is 1. The summed E-state index contributed by atoms with van der Waals surface area (Å²) in [5, 5.41) is 3.11. The van der Waals surface area contributed by atoms with Gasteiger partial charge in [0.2, 0.25) is 0 Å². The normalized spacial score (nSPS) is 11.3. The van der Waals surface area contributed by atoms with Crippen LogP contribution in [0, 0.1) is 0 Å². The smallest absolute Gasteiger partial charge is 0.188 e. The third-order valence-electron chi connectivity index (χ3n) is 2.69. The number of nitrogens with zero attached hydrogens (tertiary/aromatic N) is 1. The molecule has 0 fully saturated rings. The van der Waals surface area contributed by atoms with Crippen molar-refractivity contribution in [1.82, 2.24) is 5.32 Å². The zero-order valence-corrected chi connectivity index (χ0v) is 11.3. The summed E-state index contributed by atoms with van der Waals surface area (Å²) in [6.07, 6.45) is 3.08. The van der Waals surface area contributed by atoms with Crippen LogP contribution in [0.1, 0.15) is 25.3 Å². The largest absolute Gasteiger partial charge is 0.496 e. The lowest BCUT2D eigenvalue weighted by molar-refractivity contribution is 0.409. The molecule has 0 aliphatic rings. The third-order valence-corrected chi connectivity index (χ3v) is 2.69. The van der Waals surface area contributed by atoms with Crippen molar-refractivity contribution in [2.75, 3.05) is 20.2 Å². The SMILES string of the molecule is CCCCN=C(N)NCCc1ccccc1OC. The Hall–Kier alpha value is -1.71. The first-order valence-electron chi connectivity index (χ1n) is 6.43. The number of benzene rings is 1. The molecule has 4 heteroatoms. The molecule has 18 heavy (non-hydrogen) atoms. The standard InChI is InChI=1S/C14H23N3O/c1-3-4-10-16-14(15)17-11-9-12-7-5-6-8-13(12)18-2/h5-8H,3-4,9-11H2,1-2H3,(H3,15,16,17). The summed E-state index contributed by atoms with van der Waals surface area (Å²) in [7, 11) is 1.69. The van der Waals surface area contributed by atoms with Crippen molar-refractivity contribution in [2.45, 2.75) is 26.2 Å². The molecule has 3 N–H and O–H groups in total. The van der Waals surface area contributed by atoms with E-state index in [2.05, 4.69) is 23.3 Å². The van der Waals surface area contributed by atoms with Gasteiger partial charge in [-0.1, -0.05) is 31.5 Å². The van der Waals surface area contributed by atoms with Crippen LogP contribution in [0.5, 0.6) is 5.75 Å². The Morgan fingerprint density at radius 2 is 2.17 bits per heavy atom. The van der Waals surface area contributed by atoms with Crippen LogP contribution in [-0.4, -0.2) is 26.2 Å². The fourth-order valence-electron chi connectivity index (χ4n) is 1.65. The van der Waals surface area contributed by atoms with Gasteiger partial charge in [-0.2, -0.15) is 0 Å². The zero-order chi connectivity index (χ0) is 13.2. The molecular weight excluding hydrogens is 226 g/mol. The lowest BCUT2D eigenvalue weighted by atomic mass is 10.1. The number of hydrogen-bond acceptors (Lipinski definition) is 2. The summed E-state index contributed by atoms with van der Waals surface area (Å²) in [6.45, 7) is 3.70. The first-order chi connectivity index (χ1) is 8.77. The van der Waals surface area contributed by atoms with Gasteiger partial charge in [-0.15, -0.1) is 0 Å². The van der Waals surface area contributed by atoms with Crippen LogP contribution in [0.25, 0.3) is 0 Å². The van der Waals surface area contributed by atoms with Crippen LogP contribution < -0.4 is 15.8 Å². The number of hydrogen-bond donors (Lipinski definition) is 2. The van der Waals surface area contributed by atoms with Crippen LogP contribution in [0.15, 0.2) is 29.3 Å². The minimum Gasteiger partial charge on any atom is -0.496 e. The molecule has 0 spiro atoms. The Balaban J connectivity index is 2.34. The Morgan fingerprint density at radius 1 is 1.39 bits per heavy atom. The molecular formula is C14H23N3O. The van der Waals surface area contributed by atoms with E-state index in [1.807, 2.05) is 18.2 Å². The van der Waals surface area contributed by atoms with E-state index in [0.29, 0.717) is 5.96 Å². The van der Waals surface area contributed by atoms with Crippen LogP contribution in [-0.2, 0) is 6.42 Å². The minimum absolute atomic E-state index is 0.526. The second-order valence-electron chi connectivity index (χ2n) is 4.11. The summed E-state index contributed by atoms with van der Waals surface area (Å²) >= 11 is 0. The zero-order valence-electron chi connectivity index (χ0n) is 11.3. The molecule has 0 heterocycles. The monoisotopic (exact) mass is 249 g/mol. The van der Waals surface area contributed by atoms with Crippen LogP contribution in [0.4, 0.5) is 0 Å². The lowest BCUT2D eigenvalue weighted by Crippen LogP contribution is -2.33. The molecule has 0 aliphatic carbocycles. The summed E-state index contributed by atoms with van der Waals surface area (Å²) in [5.41, 5.74) is 6.93. The summed E-state index contributed by atoms with van der Waals surface area (Å²) < 4.78 is 5.29. The van der Waals surface area contributed by atoms with Gasteiger partial charge in [-0.05, 0) is 24.5 Å². The van der Waals surface area contributed by atoms with Gasteiger partial charge in [0.25, 0.3) is 0 Å². The number of unbranched alkanes of at least 4 members (excludes halogenated alkanes) is 1. The maximum Gasteiger partial charge on any atom is 0.188 e. The molecule has 100 valence electrons. The van der Waals surface area contributed by atoms with Crippen LogP contribution in [0.3, 0.4) is 0 Å². The van der Waals surface area contributed by atoms with Gasteiger partial charge < -0.3 is 15.8 Å². The Labute approximate surface area is 109 Å². The molecule has 0 radical (unpaired) electrons. The quantitative estimate of drug-likeness (QED) is 0.441. The lowest BCUT2D eigenvalue weighted by Gasteiger charge is -2.09. The number of ether oxygens (including phenoxy) is 1. The number of methoxy groups -OCH3 is 1. The minimum atomic E-state index is 0.526. The molecule has 0 amide bonds. The number of para-hydroxylation sites is 1. The van der Waals surface area contributed by atoms with Gasteiger partial charge in [0.05, 0.1) is 7.11 Å². The molecule has 1 aromatic carbocycles. The van der Waals surface area contributed by atoms with E-state index in [4.69, 9.17) is 10.5 Å². The van der Waals surface area contributed by atoms with Gasteiger partial charge >= 0.3 is 0 Å². The Morgan fingerprint density at radius 3 is 2.89 bits per heavy atom. The van der Waals surface area contributed by atoms with Crippen molar-refractivity contribution in [3.63, 3.8) is 0 Å². The first kappa shape index (κ1) is 14.4. The molecule has 0 saturated heterocycles. The van der Waals surface area contributed by atoms with Gasteiger partial charge in [0, 0.05) is 13.1 Å². The van der Waals surface area contributed by atoms with Crippen LogP contribution in [0.2, 0.25) is 0 Å². The molecule has 1 rings (SSSR count). The average Bonchev–Trinajstić information content (AvgIpc) is 2.39. The average molecular weight is 249 g/mol. The summed E-state index contributed by atoms with van der Waals surface area (Å²) in [6, 6.07) is 8.01. The maximum absolute atomic E-state index is 5.76. The van der Waals surface area contributed by atoms with E-state index in [1.165, 1.54) is 5.56 Å². The number of rotatable bonds is 7. The molecule has 0 bridgehead atoms. The fourth-order valence-corrected chi connectivity index (χ4v) is 1.65. The predicted molar refractivity (Wildman–Crippen MR) is 76.1 cm³/mol. The van der Waals surface area contributed by atoms with E-state index in [-0.39, 0.29) is 0 Å². The number of nitrogens with one attached hydrogen (secondary N) is 1. The van der Waals surface area contributed by atoms with Gasteiger partial charge in [-0.3, -0.25) is 4.99 Å². The van der Waals surface area contributed by atoms with Gasteiger partial charge in [-0.25, -0.2) is 0 Å². The Bertz CT molecular complexity index is 377. The molecule has 0 unspecified atom stereocenters. The molecule has 0 atom stereocenters. The molecule has 0 aliphatic heterocycles. The number of aliphatic imine (C=N–C) groups is 1. The Kier molecular flexibility index (Phi) is 6.69. The highest BCUT2D eigenvalue weighted by molar-refractivity contribution is 5.77. The van der Waals surface area contributed by atoms with Crippen molar-refractivity contribution in [3.8, 4) is 5.75 Å². The predicted octanol–water partition coefficient (Wildman–Crippen LogP) is 1.94. The number of guanidine groups is 1. The van der Waals surface area contributed by atoms with Crippen molar-refractivity contribution < 1.29 is 4.74 Å². The van der Waals surface area contributed by atoms with E-state index >= 15 is 0 Å². The van der Waals surface area contributed by atoms with Crippen molar-refractivity contribution in [1.29, 1.82) is 0 Å². The van der Waals surface area contributed by atoms with E-state index < -0.39 is 0 Å². The third kappa shape index (κ3) is 5.08. The second-order valence-corrected chi connectivity index (χ2v) is 4.11. The van der Waals surface area contributed by atoms with Crippen molar-refractivity contribution in [3.05, 3.63) is 29.8 Å². The topological polar surface area (TPSA) is 59.6 Å². The summed E-state index contributed by atoms with van der Waals surface area (Å²) in [5.74, 6) is 1.44. The van der Waals surface area contributed by atoms with Gasteiger partial charge in [0.15, 0.2) is 5.96 Å².